The molecule has 0 saturated carbocycles. The summed E-state index contributed by atoms with van der Waals surface area (Å²) in [7, 11) is 1.28. The molecule has 1 saturated heterocycles. The fourth-order valence-corrected chi connectivity index (χ4v) is 3.70. The van der Waals surface area contributed by atoms with Gasteiger partial charge in [-0.3, -0.25) is 0 Å². The van der Waals surface area contributed by atoms with Gasteiger partial charge in [-0.1, -0.05) is 30.3 Å². The molecule has 2 aromatic carbocycles. The molecule has 0 radical (unpaired) electrons. The largest absolute Gasteiger partial charge is 0.485 e. The van der Waals surface area contributed by atoms with Crippen molar-refractivity contribution < 1.29 is 27.8 Å². The predicted molar refractivity (Wildman–Crippen MR) is 112 cm³/mol. The number of methoxy groups -OCH3 is 1. The first-order chi connectivity index (χ1) is 15.1. The highest BCUT2D eigenvalue weighted by Gasteiger charge is 2.30. The lowest BCUT2D eigenvalue weighted by atomic mass is 9.88. The van der Waals surface area contributed by atoms with Gasteiger partial charge in [-0.15, -0.1) is 0 Å². The first-order valence-corrected chi connectivity index (χ1v) is 10.4. The molecule has 1 aliphatic heterocycles. The summed E-state index contributed by atoms with van der Waals surface area (Å²) in [6.45, 7) is 2.07. The molecule has 0 bridgehead atoms. The maximum Gasteiger partial charge on any atom is 0.406 e. The molecular weight excluding hydrogens is 406 g/mol. The van der Waals surface area contributed by atoms with Crippen LogP contribution in [0.1, 0.15) is 30.1 Å². The number of nitrogens with one attached hydrogen (secondary N) is 2. The van der Waals surface area contributed by atoms with Crippen molar-refractivity contribution in [3.05, 3.63) is 65.2 Å². The SMILES string of the molecule is COC(=O)NCCOC(c1cc(F)cc(F)c1OCc1ccccc1)C1CCCNC1. The maximum absolute atomic E-state index is 14.8. The Labute approximate surface area is 180 Å². The smallest absolute Gasteiger partial charge is 0.406 e. The van der Waals surface area contributed by atoms with Crippen molar-refractivity contribution in [3.8, 4) is 5.75 Å². The molecule has 31 heavy (non-hydrogen) atoms. The molecule has 2 N–H and O–H groups in total. The van der Waals surface area contributed by atoms with E-state index in [9.17, 15) is 13.6 Å². The number of alkyl carbamates (subject to hydrolysis) is 1. The van der Waals surface area contributed by atoms with Gasteiger partial charge >= 0.3 is 6.09 Å². The number of halogens is 2. The Balaban J connectivity index is 1.82. The number of hydrogen-bond donors (Lipinski definition) is 2. The second-order valence-electron chi connectivity index (χ2n) is 7.40. The summed E-state index contributed by atoms with van der Waals surface area (Å²) in [4.78, 5) is 11.3. The molecule has 1 aliphatic rings. The molecule has 1 amide bonds. The van der Waals surface area contributed by atoms with E-state index in [0.717, 1.165) is 31.0 Å². The van der Waals surface area contributed by atoms with Crippen LogP contribution >= 0.6 is 0 Å². The molecular formula is C23H28F2N2O4. The second-order valence-corrected chi connectivity index (χ2v) is 7.40. The van der Waals surface area contributed by atoms with E-state index in [1.165, 1.54) is 13.2 Å². The Kier molecular flexibility index (Phi) is 8.61. The fourth-order valence-electron chi connectivity index (χ4n) is 3.70. The molecule has 2 aromatic rings. The number of carbonyl (C=O) groups excluding carboxylic acids is 1. The van der Waals surface area contributed by atoms with Gasteiger partial charge in [0.25, 0.3) is 0 Å². The van der Waals surface area contributed by atoms with Crippen molar-refractivity contribution in [3.63, 3.8) is 0 Å². The van der Waals surface area contributed by atoms with Crippen molar-refractivity contribution in [2.24, 2.45) is 5.92 Å². The van der Waals surface area contributed by atoms with E-state index in [4.69, 9.17) is 9.47 Å². The average molecular weight is 434 g/mol. The number of ether oxygens (including phenoxy) is 3. The summed E-state index contributed by atoms with van der Waals surface area (Å²) >= 11 is 0. The van der Waals surface area contributed by atoms with E-state index in [-0.39, 0.29) is 31.4 Å². The van der Waals surface area contributed by atoms with Crippen LogP contribution in [0.4, 0.5) is 13.6 Å². The monoisotopic (exact) mass is 434 g/mol. The molecule has 0 spiro atoms. The van der Waals surface area contributed by atoms with Crippen molar-refractivity contribution in [2.45, 2.75) is 25.6 Å². The summed E-state index contributed by atoms with van der Waals surface area (Å²) in [5.74, 6) is -1.46. The number of hydrogen-bond acceptors (Lipinski definition) is 5. The van der Waals surface area contributed by atoms with E-state index in [1.807, 2.05) is 30.3 Å². The molecule has 3 rings (SSSR count). The highest BCUT2D eigenvalue weighted by atomic mass is 19.1. The van der Waals surface area contributed by atoms with E-state index < -0.39 is 23.8 Å². The van der Waals surface area contributed by atoms with E-state index in [1.54, 1.807) is 0 Å². The third kappa shape index (κ3) is 6.63. The van der Waals surface area contributed by atoms with Crippen molar-refractivity contribution in [2.75, 3.05) is 33.4 Å². The van der Waals surface area contributed by atoms with Crippen LogP contribution in [0.2, 0.25) is 0 Å². The van der Waals surface area contributed by atoms with Crippen molar-refractivity contribution in [1.82, 2.24) is 10.6 Å². The molecule has 6 nitrogen and oxygen atoms in total. The molecule has 2 atom stereocenters. The van der Waals surface area contributed by atoms with Crippen LogP contribution in [-0.4, -0.2) is 39.4 Å². The van der Waals surface area contributed by atoms with Crippen molar-refractivity contribution in [1.29, 1.82) is 0 Å². The highest BCUT2D eigenvalue weighted by molar-refractivity contribution is 5.66. The highest BCUT2D eigenvalue weighted by Crippen LogP contribution is 2.38. The minimum Gasteiger partial charge on any atom is -0.485 e. The number of benzene rings is 2. The van der Waals surface area contributed by atoms with Crippen molar-refractivity contribution >= 4 is 6.09 Å². The van der Waals surface area contributed by atoms with Gasteiger partial charge in [0.2, 0.25) is 0 Å². The molecule has 2 unspecified atom stereocenters. The van der Waals surface area contributed by atoms with Crippen LogP contribution in [-0.2, 0) is 16.1 Å². The average Bonchev–Trinajstić information content (AvgIpc) is 2.79. The predicted octanol–water partition coefficient (Wildman–Crippen LogP) is 3.96. The first-order valence-electron chi connectivity index (χ1n) is 10.4. The number of piperidine rings is 1. The Morgan fingerprint density at radius 1 is 1.26 bits per heavy atom. The third-order valence-corrected chi connectivity index (χ3v) is 5.19. The zero-order valence-electron chi connectivity index (χ0n) is 17.5. The standard InChI is InChI=1S/C23H28F2N2O4/c1-29-23(28)27-10-11-30-21(17-8-5-9-26-14-17)19-12-18(24)13-20(25)22(19)31-15-16-6-3-2-4-7-16/h2-4,6-7,12-13,17,21,26H,5,8-11,14-15H2,1H3,(H,27,28). The lowest BCUT2D eigenvalue weighted by molar-refractivity contribution is 0.00238. The number of amides is 1. The third-order valence-electron chi connectivity index (χ3n) is 5.19. The quantitative estimate of drug-likeness (QED) is 0.585. The molecule has 1 heterocycles. The summed E-state index contributed by atoms with van der Waals surface area (Å²) < 4.78 is 45.4. The zero-order chi connectivity index (χ0) is 22.1. The van der Waals surface area contributed by atoms with Crippen LogP contribution < -0.4 is 15.4 Å². The van der Waals surface area contributed by atoms with E-state index >= 15 is 0 Å². The van der Waals surface area contributed by atoms with Gasteiger partial charge in [0.15, 0.2) is 11.6 Å². The van der Waals surface area contributed by atoms with Gasteiger partial charge in [-0.2, -0.15) is 0 Å². The lowest BCUT2D eigenvalue weighted by Gasteiger charge is -2.32. The normalized spacial score (nSPS) is 17.1. The summed E-state index contributed by atoms with van der Waals surface area (Å²) in [6.07, 6.45) is 0.618. The van der Waals surface area contributed by atoms with Gasteiger partial charge in [0.1, 0.15) is 12.4 Å². The van der Waals surface area contributed by atoms with Crippen LogP contribution in [0.5, 0.6) is 5.75 Å². The van der Waals surface area contributed by atoms with Crippen LogP contribution in [0, 0.1) is 17.6 Å². The molecule has 8 heteroatoms. The van der Waals surface area contributed by atoms with E-state index in [2.05, 4.69) is 15.4 Å². The van der Waals surface area contributed by atoms with Gasteiger partial charge in [0.05, 0.1) is 19.8 Å². The Bertz CT molecular complexity index is 845. The van der Waals surface area contributed by atoms with Gasteiger partial charge in [0, 0.05) is 30.6 Å². The molecule has 1 fully saturated rings. The Hall–Kier alpha value is -2.71. The molecule has 0 aromatic heterocycles. The van der Waals surface area contributed by atoms with Gasteiger partial charge in [-0.05, 0) is 31.0 Å². The van der Waals surface area contributed by atoms with Gasteiger partial charge in [-0.25, -0.2) is 13.6 Å². The number of carbonyl (C=O) groups is 1. The zero-order valence-corrected chi connectivity index (χ0v) is 17.5. The van der Waals surface area contributed by atoms with E-state index in [0.29, 0.717) is 12.1 Å². The summed E-state index contributed by atoms with van der Waals surface area (Å²) in [5, 5.41) is 5.86. The van der Waals surface area contributed by atoms with Crippen LogP contribution in [0.3, 0.4) is 0 Å². The van der Waals surface area contributed by atoms with Crippen LogP contribution in [0.25, 0.3) is 0 Å². The second kappa shape index (κ2) is 11.6. The van der Waals surface area contributed by atoms with Crippen LogP contribution in [0.15, 0.2) is 42.5 Å². The topological polar surface area (TPSA) is 68.8 Å². The Morgan fingerprint density at radius 2 is 2.06 bits per heavy atom. The minimum atomic E-state index is -0.768. The Morgan fingerprint density at radius 3 is 2.77 bits per heavy atom. The molecule has 168 valence electrons. The summed E-state index contributed by atoms with van der Waals surface area (Å²) in [6, 6.07) is 11.5. The maximum atomic E-state index is 14.8. The molecule has 0 aliphatic carbocycles. The first kappa shape index (κ1) is 23.0. The lowest BCUT2D eigenvalue weighted by Crippen LogP contribution is -2.35. The summed E-state index contributed by atoms with van der Waals surface area (Å²) in [5.41, 5.74) is 1.21. The minimum absolute atomic E-state index is 0.00662. The fraction of sp³-hybridized carbons (Fsp3) is 0.435. The number of rotatable bonds is 9. The van der Waals surface area contributed by atoms with Gasteiger partial charge < -0.3 is 24.8 Å².